The van der Waals surface area contributed by atoms with Crippen molar-refractivity contribution in [2.45, 2.75) is 49.5 Å². The summed E-state index contributed by atoms with van der Waals surface area (Å²) in [4.78, 5) is 63.4. The maximum absolute atomic E-state index is 13.1. The van der Waals surface area contributed by atoms with E-state index in [4.69, 9.17) is 18.4 Å². The quantitative estimate of drug-likeness (QED) is 0.128. The molecule has 4 rings (SSSR count). The average Bonchev–Trinajstić information content (AvgIpc) is 3.29. The molecule has 0 spiro atoms. The van der Waals surface area contributed by atoms with E-state index in [1.165, 1.54) is 24.3 Å². The van der Waals surface area contributed by atoms with Crippen LogP contribution < -0.4 is 10.6 Å². The molecule has 0 saturated carbocycles. The lowest BCUT2D eigenvalue weighted by Gasteiger charge is -2.27. The molecule has 0 bridgehead atoms. The van der Waals surface area contributed by atoms with Gasteiger partial charge >= 0.3 is 0 Å². The smallest absolute Gasteiger partial charge is 0.297 e. The lowest BCUT2D eigenvalue weighted by molar-refractivity contribution is -0.136. The summed E-state index contributed by atoms with van der Waals surface area (Å²) in [5.74, 6) is -2.78. The Hall–Kier alpha value is -4.02. The predicted molar refractivity (Wildman–Crippen MR) is 162 cm³/mol. The number of amides is 5. The van der Waals surface area contributed by atoms with Gasteiger partial charge in [-0.3, -0.25) is 38.4 Å². The number of fused-ring (bicyclic) bond motifs is 1. The minimum absolute atomic E-state index is 0.0210. The van der Waals surface area contributed by atoms with Gasteiger partial charge in [-0.25, -0.2) is 0 Å². The highest BCUT2D eigenvalue weighted by molar-refractivity contribution is 7.86. The number of nitrogens with one attached hydrogen (secondary N) is 2. The van der Waals surface area contributed by atoms with Gasteiger partial charge in [0.2, 0.25) is 17.7 Å². The molecule has 0 aromatic heterocycles. The summed E-state index contributed by atoms with van der Waals surface area (Å²) in [6.07, 6.45) is 2.33. The van der Waals surface area contributed by atoms with Crippen molar-refractivity contribution in [3.63, 3.8) is 0 Å². The Kier molecular flexibility index (Phi) is 12.9. The largest absolute Gasteiger partial charge is 0.379 e. The summed E-state index contributed by atoms with van der Waals surface area (Å²) in [6.45, 7) is 1.87. The SMILES string of the molecule is O=C1CCC(N2C(=O)c3cccc(NC(=O)CCCCCOCCOCCOCCOS(=O)(=O)c4ccccc4)c3C2=O)C(=O)N1. The number of rotatable bonds is 19. The van der Waals surface area contributed by atoms with Gasteiger partial charge in [-0.15, -0.1) is 0 Å². The molecule has 2 N–H and O–H groups in total. The van der Waals surface area contributed by atoms with Crippen LogP contribution in [0.4, 0.5) is 5.69 Å². The first-order valence-electron chi connectivity index (χ1n) is 15.0. The van der Waals surface area contributed by atoms with Crippen LogP contribution in [0.3, 0.4) is 0 Å². The normalized spacial score (nSPS) is 16.4. The zero-order chi connectivity index (χ0) is 32.9. The number of benzene rings is 2. The van der Waals surface area contributed by atoms with Gasteiger partial charge in [0.1, 0.15) is 6.04 Å². The van der Waals surface area contributed by atoms with Crippen LogP contribution in [-0.2, 0) is 42.9 Å². The molecule has 2 aromatic carbocycles. The van der Waals surface area contributed by atoms with Crippen molar-refractivity contribution in [1.29, 1.82) is 0 Å². The van der Waals surface area contributed by atoms with Crippen molar-refractivity contribution in [3.8, 4) is 0 Å². The zero-order valence-corrected chi connectivity index (χ0v) is 26.1. The standard InChI is InChI=1S/C31H37N3O11S/c35-26(32-24-11-7-10-23-28(24)31(39)34(30(23)38)25-13-14-27(36)33-29(25)37)12-5-2-6-15-42-16-17-43-18-19-44-20-21-45-46(40,41)22-8-3-1-4-9-22/h1,3-4,7-11,25H,2,5-6,12-21H2,(H,32,35)(H,33,36,37). The molecule has 2 aliphatic rings. The molecule has 248 valence electrons. The van der Waals surface area contributed by atoms with Gasteiger partial charge < -0.3 is 19.5 Å². The molecule has 1 unspecified atom stereocenters. The van der Waals surface area contributed by atoms with Crippen molar-refractivity contribution < 1.29 is 50.8 Å². The molecule has 2 aliphatic heterocycles. The first kappa shape index (κ1) is 34.8. The molecule has 0 aliphatic carbocycles. The minimum Gasteiger partial charge on any atom is -0.379 e. The fourth-order valence-electron chi connectivity index (χ4n) is 4.90. The van der Waals surface area contributed by atoms with E-state index in [1.54, 1.807) is 24.3 Å². The van der Waals surface area contributed by atoms with Crippen LogP contribution in [0, 0.1) is 0 Å². The highest BCUT2D eigenvalue weighted by atomic mass is 32.2. The van der Waals surface area contributed by atoms with E-state index in [1.807, 2.05) is 0 Å². The van der Waals surface area contributed by atoms with E-state index in [-0.39, 0.29) is 66.7 Å². The Bertz CT molecular complexity index is 1510. The average molecular weight is 660 g/mol. The molecule has 1 saturated heterocycles. The van der Waals surface area contributed by atoms with Crippen molar-refractivity contribution in [2.75, 3.05) is 51.6 Å². The fourth-order valence-corrected chi connectivity index (χ4v) is 5.81. The molecule has 1 atom stereocenters. The van der Waals surface area contributed by atoms with Crippen LogP contribution in [0.25, 0.3) is 0 Å². The van der Waals surface area contributed by atoms with Crippen molar-refractivity contribution in [2.24, 2.45) is 0 Å². The lowest BCUT2D eigenvalue weighted by Crippen LogP contribution is -2.54. The third-order valence-electron chi connectivity index (χ3n) is 7.18. The Morgan fingerprint density at radius 2 is 1.48 bits per heavy atom. The highest BCUT2D eigenvalue weighted by Crippen LogP contribution is 2.32. The first-order chi connectivity index (χ1) is 22.2. The van der Waals surface area contributed by atoms with Gasteiger partial charge in [0, 0.05) is 19.4 Å². The number of carbonyl (C=O) groups is 5. The number of anilines is 1. The van der Waals surface area contributed by atoms with E-state index in [2.05, 4.69) is 10.6 Å². The molecule has 1 fully saturated rings. The number of piperidine rings is 1. The van der Waals surface area contributed by atoms with Crippen molar-refractivity contribution in [3.05, 3.63) is 59.7 Å². The van der Waals surface area contributed by atoms with Crippen LogP contribution in [-0.4, -0.2) is 95.1 Å². The number of imide groups is 2. The van der Waals surface area contributed by atoms with Gasteiger partial charge in [-0.05, 0) is 43.5 Å². The maximum atomic E-state index is 13.1. The molecule has 15 heteroatoms. The van der Waals surface area contributed by atoms with Crippen LogP contribution in [0.2, 0.25) is 0 Å². The molecule has 2 heterocycles. The van der Waals surface area contributed by atoms with E-state index >= 15 is 0 Å². The lowest BCUT2D eigenvalue weighted by atomic mass is 10.0. The van der Waals surface area contributed by atoms with Crippen LogP contribution in [0.1, 0.15) is 59.2 Å². The van der Waals surface area contributed by atoms with Gasteiger partial charge in [-0.1, -0.05) is 30.7 Å². The van der Waals surface area contributed by atoms with Gasteiger partial charge in [0.05, 0.1) is 61.4 Å². The first-order valence-corrected chi connectivity index (χ1v) is 16.4. The third kappa shape index (κ3) is 9.50. The second-order valence-corrected chi connectivity index (χ2v) is 12.1. The van der Waals surface area contributed by atoms with Crippen LogP contribution >= 0.6 is 0 Å². The van der Waals surface area contributed by atoms with Gasteiger partial charge in [0.25, 0.3) is 21.9 Å². The van der Waals surface area contributed by atoms with Gasteiger partial charge in [0.15, 0.2) is 0 Å². The summed E-state index contributed by atoms with van der Waals surface area (Å²) in [5, 5.41) is 4.87. The molecular weight excluding hydrogens is 622 g/mol. The third-order valence-corrected chi connectivity index (χ3v) is 8.50. The van der Waals surface area contributed by atoms with E-state index in [9.17, 15) is 32.4 Å². The van der Waals surface area contributed by atoms with Crippen LogP contribution in [0.15, 0.2) is 53.4 Å². The number of unbranched alkanes of at least 4 members (excludes halogenated alkanes) is 2. The molecule has 0 radical (unpaired) electrons. The van der Waals surface area contributed by atoms with E-state index < -0.39 is 39.8 Å². The monoisotopic (exact) mass is 659 g/mol. The summed E-state index contributed by atoms with van der Waals surface area (Å²) in [5.41, 5.74) is 0.340. The number of hydrogen-bond acceptors (Lipinski definition) is 11. The van der Waals surface area contributed by atoms with Crippen LogP contribution in [0.5, 0.6) is 0 Å². The van der Waals surface area contributed by atoms with Gasteiger partial charge in [-0.2, -0.15) is 8.42 Å². The summed E-state index contributed by atoms with van der Waals surface area (Å²) >= 11 is 0. The molecular formula is C31H37N3O11S. The van der Waals surface area contributed by atoms with Crippen molar-refractivity contribution in [1.82, 2.24) is 10.2 Å². The molecule has 2 aromatic rings. The Morgan fingerprint density at radius 3 is 2.17 bits per heavy atom. The molecule has 46 heavy (non-hydrogen) atoms. The molecule has 14 nitrogen and oxygen atoms in total. The Balaban J connectivity index is 1.02. The number of nitrogens with zero attached hydrogens (tertiary/aromatic N) is 1. The predicted octanol–water partition coefficient (Wildman–Crippen LogP) is 2.04. The zero-order valence-electron chi connectivity index (χ0n) is 25.2. The number of carbonyl (C=O) groups excluding carboxylic acids is 5. The second kappa shape index (κ2) is 17.1. The summed E-state index contributed by atoms with van der Waals surface area (Å²) in [6, 6.07) is 11.4. The van der Waals surface area contributed by atoms with E-state index in [0.29, 0.717) is 32.8 Å². The Morgan fingerprint density at radius 1 is 0.804 bits per heavy atom. The van der Waals surface area contributed by atoms with E-state index in [0.717, 1.165) is 17.7 Å². The Labute approximate surface area is 266 Å². The topological polar surface area (TPSA) is 184 Å². The summed E-state index contributed by atoms with van der Waals surface area (Å²) < 4.78 is 45.2. The number of ether oxygens (including phenoxy) is 3. The number of hydrogen-bond donors (Lipinski definition) is 2. The maximum Gasteiger partial charge on any atom is 0.297 e. The highest BCUT2D eigenvalue weighted by Gasteiger charge is 2.45. The fraction of sp³-hybridized carbons (Fsp3) is 0.452. The molecule has 5 amide bonds. The second-order valence-electron chi connectivity index (χ2n) is 10.5. The van der Waals surface area contributed by atoms with Crippen molar-refractivity contribution >= 4 is 45.3 Å². The summed E-state index contributed by atoms with van der Waals surface area (Å²) in [7, 11) is -3.80. The minimum atomic E-state index is -3.80.